The Bertz CT molecular complexity index is 699. The van der Waals surface area contributed by atoms with Crippen LogP contribution >= 0.6 is 0 Å². The van der Waals surface area contributed by atoms with Crippen LogP contribution in [0.2, 0.25) is 0 Å². The van der Waals surface area contributed by atoms with E-state index in [4.69, 9.17) is 4.74 Å². The van der Waals surface area contributed by atoms with E-state index in [-0.39, 0.29) is 12.4 Å². The van der Waals surface area contributed by atoms with Gasteiger partial charge in [-0.05, 0) is 37.6 Å². The molecule has 0 radical (unpaired) electrons. The standard InChI is InChI=1S/C17H17FN2O2/c1-12-6-5-7-14(10-12)22-11-17(21)20-19-13(2)15-8-3-4-9-16(15)18/h3-10H,11H2,1-2H3,(H,20,21)/b19-13+. The van der Waals surface area contributed by atoms with Gasteiger partial charge in [-0.25, -0.2) is 9.82 Å². The fraction of sp³-hybridized carbons (Fsp3) is 0.176. The number of hydrogen-bond acceptors (Lipinski definition) is 3. The van der Waals surface area contributed by atoms with Gasteiger partial charge in [0, 0.05) is 5.56 Å². The molecule has 0 aliphatic heterocycles. The van der Waals surface area contributed by atoms with Gasteiger partial charge in [-0.3, -0.25) is 4.79 Å². The zero-order valence-electron chi connectivity index (χ0n) is 12.5. The highest BCUT2D eigenvalue weighted by atomic mass is 19.1. The summed E-state index contributed by atoms with van der Waals surface area (Å²) in [5, 5.41) is 3.88. The molecule has 0 unspecified atom stereocenters. The summed E-state index contributed by atoms with van der Waals surface area (Å²) >= 11 is 0. The first-order chi connectivity index (χ1) is 10.6. The second-order valence-corrected chi connectivity index (χ2v) is 4.82. The highest BCUT2D eigenvalue weighted by Gasteiger charge is 2.06. The lowest BCUT2D eigenvalue weighted by molar-refractivity contribution is -0.123. The van der Waals surface area contributed by atoms with E-state index in [1.54, 1.807) is 31.2 Å². The van der Waals surface area contributed by atoms with Crippen LogP contribution in [0.5, 0.6) is 5.75 Å². The Morgan fingerprint density at radius 1 is 1.23 bits per heavy atom. The maximum atomic E-state index is 13.6. The molecule has 4 nitrogen and oxygen atoms in total. The maximum absolute atomic E-state index is 13.6. The van der Waals surface area contributed by atoms with Gasteiger partial charge in [0.2, 0.25) is 0 Å². The Kier molecular flexibility index (Phi) is 5.25. The number of halogens is 1. The van der Waals surface area contributed by atoms with Crippen molar-refractivity contribution in [1.29, 1.82) is 0 Å². The summed E-state index contributed by atoms with van der Waals surface area (Å²) < 4.78 is 18.9. The van der Waals surface area contributed by atoms with Gasteiger partial charge in [-0.1, -0.05) is 30.3 Å². The minimum Gasteiger partial charge on any atom is -0.484 e. The minimum absolute atomic E-state index is 0.155. The molecule has 0 fully saturated rings. The van der Waals surface area contributed by atoms with Gasteiger partial charge in [-0.15, -0.1) is 0 Å². The van der Waals surface area contributed by atoms with E-state index in [0.717, 1.165) is 5.56 Å². The molecule has 0 aliphatic rings. The Morgan fingerprint density at radius 2 is 2.00 bits per heavy atom. The van der Waals surface area contributed by atoms with E-state index in [0.29, 0.717) is 17.0 Å². The molecule has 0 saturated heterocycles. The summed E-state index contributed by atoms with van der Waals surface area (Å²) in [4.78, 5) is 11.7. The van der Waals surface area contributed by atoms with Crippen LogP contribution in [0, 0.1) is 12.7 Å². The van der Waals surface area contributed by atoms with Crippen molar-refractivity contribution < 1.29 is 13.9 Å². The van der Waals surface area contributed by atoms with Crippen LogP contribution in [-0.4, -0.2) is 18.2 Å². The monoisotopic (exact) mass is 300 g/mol. The molecule has 0 heterocycles. The maximum Gasteiger partial charge on any atom is 0.277 e. The molecule has 0 spiro atoms. The first-order valence-corrected chi connectivity index (χ1v) is 6.84. The van der Waals surface area contributed by atoms with Crippen molar-refractivity contribution in [3.63, 3.8) is 0 Å². The Balaban J connectivity index is 1.90. The van der Waals surface area contributed by atoms with Crippen molar-refractivity contribution in [2.24, 2.45) is 5.10 Å². The second kappa shape index (κ2) is 7.36. The third-order valence-corrected chi connectivity index (χ3v) is 2.97. The zero-order valence-corrected chi connectivity index (χ0v) is 12.5. The number of hydrogen-bond donors (Lipinski definition) is 1. The third-order valence-electron chi connectivity index (χ3n) is 2.97. The van der Waals surface area contributed by atoms with Gasteiger partial charge in [0.05, 0.1) is 5.71 Å². The number of nitrogens with one attached hydrogen (secondary N) is 1. The van der Waals surface area contributed by atoms with Crippen LogP contribution in [0.1, 0.15) is 18.1 Å². The molecule has 0 atom stereocenters. The number of nitrogens with zero attached hydrogens (tertiary/aromatic N) is 1. The number of aryl methyl sites for hydroxylation is 1. The van der Waals surface area contributed by atoms with Crippen LogP contribution in [0.4, 0.5) is 4.39 Å². The molecule has 1 N–H and O–H groups in total. The Labute approximate surface area is 128 Å². The summed E-state index contributed by atoms with van der Waals surface area (Å²) in [7, 11) is 0. The van der Waals surface area contributed by atoms with E-state index in [1.165, 1.54) is 6.07 Å². The summed E-state index contributed by atoms with van der Waals surface area (Å²) in [5.74, 6) is -0.170. The lowest BCUT2D eigenvalue weighted by atomic mass is 10.1. The molecule has 2 rings (SSSR count). The predicted molar refractivity (Wildman–Crippen MR) is 83.4 cm³/mol. The topological polar surface area (TPSA) is 50.7 Å². The molecule has 0 aliphatic carbocycles. The van der Waals surface area contributed by atoms with Crippen molar-refractivity contribution in [2.45, 2.75) is 13.8 Å². The predicted octanol–water partition coefficient (Wildman–Crippen LogP) is 3.05. The largest absolute Gasteiger partial charge is 0.484 e. The van der Waals surface area contributed by atoms with Gasteiger partial charge in [0.1, 0.15) is 11.6 Å². The van der Waals surface area contributed by atoms with Gasteiger partial charge >= 0.3 is 0 Å². The van der Waals surface area contributed by atoms with Gasteiger partial charge < -0.3 is 4.74 Å². The molecule has 5 heteroatoms. The van der Waals surface area contributed by atoms with Crippen molar-refractivity contribution in [2.75, 3.05) is 6.61 Å². The SMILES string of the molecule is C/C(=N\NC(=O)COc1cccc(C)c1)c1ccccc1F. The highest BCUT2D eigenvalue weighted by molar-refractivity contribution is 5.99. The minimum atomic E-state index is -0.405. The van der Waals surface area contributed by atoms with Crippen LogP contribution < -0.4 is 10.2 Å². The average Bonchev–Trinajstić information content (AvgIpc) is 2.51. The van der Waals surface area contributed by atoms with Crippen LogP contribution in [0.25, 0.3) is 0 Å². The van der Waals surface area contributed by atoms with E-state index < -0.39 is 5.91 Å². The molecule has 0 bridgehead atoms. The summed E-state index contributed by atoms with van der Waals surface area (Å²) in [6.07, 6.45) is 0. The van der Waals surface area contributed by atoms with Gasteiger partial charge in [-0.2, -0.15) is 5.10 Å². The summed E-state index contributed by atoms with van der Waals surface area (Å²) in [6.45, 7) is 3.41. The Morgan fingerprint density at radius 3 is 2.73 bits per heavy atom. The molecule has 0 aromatic heterocycles. The molecule has 2 aromatic carbocycles. The number of ether oxygens (including phenoxy) is 1. The molecule has 1 amide bonds. The van der Waals surface area contributed by atoms with Gasteiger partial charge in [0.15, 0.2) is 6.61 Å². The number of hydrazone groups is 1. The Hall–Kier alpha value is -2.69. The van der Waals surface area contributed by atoms with Crippen LogP contribution in [0.15, 0.2) is 53.6 Å². The summed E-state index contributed by atoms with van der Waals surface area (Å²) in [5.41, 5.74) is 4.14. The molecular weight excluding hydrogens is 283 g/mol. The van der Waals surface area contributed by atoms with E-state index in [1.807, 2.05) is 25.1 Å². The molecule has 2 aromatic rings. The average molecular weight is 300 g/mol. The molecular formula is C17H17FN2O2. The van der Waals surface area contributed by atoms with Crippen molar-refractivity contribution >= 4 is 11.6 Å². The number of amides is 1. The quantitative estimate of drug-likeness (QED) is 0.681. The van der Waals surface area contributed by atoms with E-state index >= 15 is 0 Å². The molecule has 22 heavy (non-hydrogen) atoms. The molecule has 0 saturated carbocycles. The normalized spacial score (nSPS) is 11.1. The third kappa shape index (κ3) is 4.41. The first-order valence-electron chi connectivity index (χ1n) is 6.84. The second-order valence-electron chi connectivity index (χ2n) is 4.82. The van der Waals surface area contributed by atoms with Crippen LogP contribution in [-0.2, 0) is 4.79 Å². The number of carbonyl (C=O) groups is 1. The number of carbonyl (C=O) groups excluding carboxylic acids is 1. The molecule has 114 valence electrons. The highest BCUT2D eigenvalue weighted by Crippen LogP contribution is 2.12. The van der Waals surface area contributed by atoms with E-state index in [2.05, 4.69) is 10.5 Å². The lowest BCUT2D eigenvalue weighted by Crippen LogP contribution is -2.25. The number of benzene rings is 2. The first kappa shape index (κ1) is 15.7. The van der Waals surface area contributed by atoms with Gasteiger partial charge in [0.25, 0.3) is 5.91 Å². The van der Waals surface area contributed by atoms with Crippen molar-refractivity contribution in [3.8, 4) is 5.75 Å². The van der Waals surface area contributed by atoms with Crippen molar-refractivity contribution in [1.82, 2.24) is 5.43 Å². The summed E-state index contributed by atoms with van der Waals surface area (Å²) in [6, 6.07) is 13.6. The van der Waals surface area contributed by atoms with Crippen LogP contribution in [0.3, 0.4) is 0 Å². The fourth-order valence-electron chi connectivity index (χ4n) is 1.85. The lowest BCUT2D eigenvalue weighted by Gasteiger charge is -2.06. The van der Waals surface area contributed by atoms with E-state index in [9.17, 15) is 9.18 Å². The fourth-order valence-corrected chi connectivity index (χ4v) is 1.85. The smallest absolute Gasteiger partial charge is 0.277 e. The number of rotatable bonds is 5. The zero-order chi connectivity index (χ0) is 15.9. The van der Waals surface area contributed by atoms with Crippen molar-refractivity contribution in [3.05, 3.63) is 65.5 Å².